The molecule has 4 rings (SSSR count). The molecule has 0 radical (unpaired) electrons. The lowest BCUT2D eigenvalue weighted by molar-refractivity contribution is -0.140. The molecule has 3 aromatic rings. The van der Waals surface area contributed by atoms with E-state index in [0.29, 0.717) is 29.2 Å². The Kier molecular flexibility index (Phi) is 6.68. The molecule has 1 aliphatic rings. The van der Waals surface area contributed by atoms with Crippen LogP contribution in [0.3, 0.4) is 0 Å². The zero-order chi connectivity index (χ0) is 24.2. The van der Waals surface area contributed by atoms with Crippen LogP contribution in [0.4, 0.5) is 0 Å². The quantitative estimate of drug-likeness (QED) is 0.306. The summed E-state index contributed by atoms with van der Waals surface area (Å²) < 4.78 is 11.1. The van der Waals surface area contributed by atoms with Crippen LogP contribution in [-0.2, 0) is 16.1 Å². The summed E-state index contributed by atoms with van der Waals surface area (Å²) in [5.41, 5.74) is 2.99. The van der Waals surface area contributed by atoms with Crippen LogP contribution in [0.5, 0.6) is 11.5 Å². The highest BCUT2D eigenvalue weighted by atomic mass is 16.5. The van der Waals surface area contributed by atoms with E-state index in [9.17, 15) is 14.7 Å². The number of Topliss-reactive ketones (excluding diaryl/α,β-unsaturated/α-hetero) is 1. The van der Waals surface area contributed by atoms with Gasteiger partial charge in [0, 0.05) is 11.1 Å². The van der Waals surface area contributed by atoms with E-state index >= 15 is 0 Å². The molecule has 1 fully saturated rings. The first-order valence-corrected chi connectivity index (χ1v) is 11.1. The fraction of sp³-hybridized carbons (Fsp3) is 0.214. The molecule has 1 saturated heterocycles. The van der Waals surface area contributed by atoms with Crippen LogP contribution in [0.25, 0.3) is 5.76 Å². The number of hydrogen-bond donors (Lipinski definition) is 1. The van der Waals surface area contributed by atoms with Gasteiger partial charge < -0.3 is 19.5 Å². The molecule has 0 aliphatic carbocycles. The average molecular weight is 458 g/mol. The van der Waals surface area contributed by atoms with Gasteiger partial charge in [-0.05, 0) is 37.6 Å². The third-order valence-corrected chi connectivity index (χ3v) is 5.88. The molecule has 1 aliphatic heterocycles. The van der Waals surface area contributed by atoms with Crippen molar-refractivity contribution in [3.05, 3.63) is 101 Å². The van der Waals surface area contributed by atoms with Gasteiger partial charge in [0.15, 0.2) is 0 Å². The fourth-order valence-corrected chi connectivity index (χ4v) is 4.21. The monoisotopic (exact) mass is 457 g/mol. The number of aryl methyl sites for hydroxylation is 1. The zero-order valence-electron chi connectivity index (χ0n) is 19.4. The highest BCUT2D eigenvalue weighted by Crippen LogP contribution is 2.41. The number of carbonyl (C=O) groups excluding carboxylic acids is 2. The van der Waals surface area contributed by atoms with E-state index in [1.54, 1.807) is 25.3 Å². The lowest BCUT2D eigenvalue weighted by Gasteiger charge is -2.26. The van der Waals surface area contributed by atoms with Gasteiger partial charge in [-0.1, -0.05) is 60.2 Å². The van der Waals surface area contributed by atoms with Crippen molar-refractivity contribution in [3.8, 4) is 11.5 Å². The Bertz CT molecular complexity index is 1250. The average Bonchev–Trinajstić information content (AvgIpc) is 3.10. The third-order valence-electron chi connectivity index (χ3n) is 5.88. The van der Waals surface area contributed by atoms with Crippen molar-refractivity contribution in [1.82, 2.24) is 4.90 Å². The Labute approximate surface area is 199 Å². The van der Waals surface area contributed by atoms with Crippen LogP contribution in [0, 0.1) is 6.92 Å². The van der Waals surface area contributed by atoms with Crippen molar-refractivity contribution in [3.63, 3.8) is 0 Å². The number of aliphatic hydroxyl groups excluding tert-OH is 1. The molecule has 6 nitrogen and oxygen atoms in total. The van der Waals surface area contributed by atoms with Crippen LogP contribution < -0.4 is 9.47 Å². The molecule has 0 bridgehead atoms. The van der Waals surface area contributed by atoms with Gasteiger partial charge >= 0.3 is 0 Å². The summed E-state index contributed by atoms with van der Waals surface area (Å²) in [7, 11) is 1.56. The standard InChI is InChI=1S/C28H27NO5/c1-4-34-22-10-7-9-20(16-22)25-24(26(30)19-14-12-18(2)13-15-19)27(31)28(32)29(25)17-21-8-5-6-11-23(21)33-3/h5-16,25,30H,4,17H2,1-3H3/b26-24-. The minimum atomic E-state index is -0.786. The molecule has 3 aromatic carbocycles. The Morgan fingerprint density at radius 1 is 1.00 bits per heavy atom. The number of methoxy groups -OCH3 is 1. The van der Waals surface area contributed by atoms with Crippen molar-refractivity contribution in [1.29, 1.82) is 0 Å². The summed E-state index contributed by atoms with van der Waals surface area (Å²) in [5.74, 6) is -0.359. The molecule has 6 heteroatoms. The number of amides is 1. The van der Waals surface area contributed by atoms with E-state index in [-0.39, 0.29) is 17.9 Å². The summed E-state index contributed by atoms with van der Waals surface area (Å²) in [6.45, 7) is 4.45. The van der Waals surface area contributed by atoms with E-state index < -0.39 is 17.7 Å². The number of hydrogen-bond acceptors (Lipinski definition) is 5. The smallest absolute Gasteiger partial charge is 0.295 e. The third kappa shape index (κ3) is 4.39. The number of likely N-dealkylation sites (tertiary alicyclic amines) is 1. The second kappa shape index (κ2) is 9.83. The molecule has 0 saturated carbocycles. The number of ketones is 1. The van der Waals surface area contributed by atoms with Crippen molar-refractivity contribution < 1.29 is 24.2 Å². The van der Waals surface area contributed by atoms with E-state index in [4.69, 9.17) is 9.47 Å². The highest BCUT2D eigenvalue weighted by molar-refractivity contribution is 6.46. The van der Waals surface area contributed by atoms with Crippen molar-refractivity contribution in [2.45, 2.75) is 26.4 Å². The molecule has 1 heterocycles. The fourth-order valence-electron chi connectivity index (χ4n) is 4.21. The summed E-state index contributed by atoms with van der Waals surface area (Å²) in [6.07, 6.45) is 0. The van der Waals surface area contributed by atoms with Gasteiger partial charge in [-0.25, -0.2) is 0 Å². The van der Waals surface area contributed by atoms with Gasteiger partial charge in [0.1, 0.15) is 17.3 Å². The minimum Gasteiger partial charge on any atom is -0.507 e. The summed E-state index contributed by atoms with van der Waals surface area (Å²) in [6, 6.07) is 21.0. The first kappa shape index (κ1) is 23.1. The molecule has 0 aromatic heterocycles. The number of aliphatic hydroxyl groups is 1. The normalized spacial score (nSPS) is 17.1. The first-order valence-electron chi connectivity index (χ1n) is 11.1. The lowest BCUT2D eigenvalue weighted by atomic mass is 9.94. The van der Waals surface area contributed by atoms with Gasteiger partial charge in [0.2, 0.25) is 0 Å². The topological polar surface area (TPSA) is 76.1 Å². The molecule has 1 N–H and O–H groups in total. The number of rotatable bonds is 7. The predicted molar refractivity (Wildman–Crippen MR) is 130 cm³/mol. The van der Waals surface area contributed by atoms with Crippen LogP contribution in [0.15, 0.2) is 78.4 Å². The maximum atomic E-state index is 13.3. The van der Waals surface area contributed by atoms with Gasteiger partial charge in [0.05, 0.1) is 31.9 Å². The number of para-hydroxylation sites is 1. The Morgan fingerprint density at radius 3 is 2.44 bits per heavy atom. The molecule has 174 valence electrons. The number of benzene rings is 3. The Morgan fingerprint density at radius 2 is 1.74 bits per heavy atom. The summed E-state index contributed by atoms with van der Waals surface area (Å²) >= 11 is 0. The molecular weight excluding hydrogens is 430 g/mol. The summed E-state index contributed by atoms with van der Waals surface area (Å²) in [4.78, 5) is 28.0. The summed E-state index contributed by atoms with van der Waals surface area (Å²) in [5, 5.41) is 11.2. The van der Waals surface area contributed by atoms with E-state index in [1.165, 1.54) is 4.90 Å². The maximum absolute atomic E-state index is 13.3. The van der Waals surface area contributed by atoms with Gasteiger partial charge in [-0.15, -0.1) is 0 Å². The van der Waals surface area contributed by atoms with Crippen molar-refractivity contribution in [2.75, 3.05) is 13.7 Å². The van der Waals surface area contributed by atoms with Crippen molar-refractivity contribution in [2.24, 2.45) is 0 Å². The van der Waals surface area contributed by atoms with Gasteiger partial charge in [0.25, 0.3) is 11.7 Å². The van der Waals surface area contributed by atoms with Crippen molar-refractivity contribution >= 4 is 17.4 Å². The number of ether oxygens (including phenoxy) is 2. The predicted octanol–water partition coefficient (Wildman–Crippen LogP) is 5.02. The highest BCUT2D eigenvalue weighted by Gasteiger charge is 2.46. The van der Waals surface area contributed by atoms with E-state index in [1.807, 2.05) is 68.4 Å². The minimum absolute atomic E-state index is 0.0531. The number of nitrogens with zero attached hydrogens (tertiary/aromatic N) is 1. The first-order chi connectivity index (χ1) is 16.4. The Balaban J connectivity index is 1.87. The number of carbonyl (C=O) groups is 2. The van der Waals surface area contributed by atoms with Crippen LogP contribution in [0.2, 0.25) is 0 Å². The van der Waals surface area contributed by atoms with E-state index in [2.05, 4.69) is 0 Å². The molecule has 1 unspecified atom stereocenters. The largest absolute Gasteiger partial charge is 0.507 e. The lowest BCUT2D eigenvalue weighted by Crippen LogP contribution is -2.29. The van der Waals surface area contributed by atoms with Crippen LogP contribution in [0.1, 0.15) is 35.2 Å². The molecule has 34 heavy (non-hydrogen) atoms. The van der Waals surface area contributed by atoms with Crippen LogP contribution >= 0.6 is 0 Å². The second-order valence-electron chi connectivity index (χ2n) is 8.11. The maximum Gasteiger partial charge on any atom is 0.295 e. The van der Waals surface area contributed by atoms with Crippen LogP contribution in [-0.4, -0.2) is 35.4 Å². The molecular formula is C28H27NO5. The van der Waals surface area contributed by atoms with Gasteiger partial charge in [-0.3, -0.25) is 9.59 Å². The van der Waals surface area contributed by atoms with E-state index in [0.717, 1.165) is 11.1 Å². The zero-order valence-corrected chi connectivity index (χ0v) is 19.4. The van der Waals surface area contributed by atoms with Gasteiger partial charge in [-0.2, -0.15) is 0 Å². The molecule has 1 amide bonds. The molecule has 1 atom stereocenters. The molecule has 0 spiro atoms. The second-order valence-corrected chi connectivity index (χ2v) is 8.11. The Hall–Kier alpha value is -4.06. The SMILES string of the molecule is CCOc1cccc(C2/C(=C(/O)c3ccc(C)cc3)C(=O)C(=O)N2Cc2ccccc2OC)c1.